The molecule has 0 fully saturated rings. The Kier molecular flexibility index (Phi) is 8.05. The molecule has 0 nitrogen and oxygen atoms in total. The van der Waals surface area contributed by atoms with Gasteiger partial charge >= 0.3 is 18.9 Å². The Morgan fingerprint density at radius 1 is 0.289 bits per heavy atom. The summed E-state index contributed by atoms with van der Waals surface area (Å²) in [6, 6.07) is -1.06. The molecule has 0 aliphatic rings. The van der Waals surface area contributed by atoms with Gasteiger partial charge in [0.2, 0.25) is 0 Å². The van der Waals surface area contributed by atoms with E-state index in [0.717, 1.165) is 0 Å². The van der Waals surface area contributed by atoms with Crippen molar-refractivity contribution in [3.8, 4) is 0 Å². The first-order valence-corrected chi connectivity index (χ1v) is 10.0. The molecule has 14 heteroatoms. The van der Waals surface area contributed by atoms with Crippen molar-refractivity contribution >= 4 is 28.0 Å². The SMILES string of the molecule is Fc1cc(F)c([B-](c2c(F)cc(F)cc2F)(c2c(F)cc(F)cc2F)c2c(F)cc(F)cc2F)c(F)c1.[Li+]. The Bertz CT molecular complexity index is 1240. The van der Waals surface area contributed by atoms with Gasteiger partial charge in [0.1, 0.15) is 29.4 Å². The van der Waals surface area contributed by atoms with Crippen molar-refractivity contribution in [3.63, 3.8) is 0 Å². The van der Waals surface area contributed by atoms with Crippen molar-refractivity contribution in [1.29, 1.82) is 0 Å². The van der Waals surface area contributed by atoms with Crippen molar-refractivity contribution in [1.82, 2.24) is 0 Å². The average molecular weight is 542 g/mol. The van der Waals surface area contributed by atoms with Crippen LogP contribution in [0.1, 0.15) is 0 Å². The summed E-state index contributed by atoms with van der Waals surface area (Å²) in [7, 11) is 0. The monoisotopic (exact) mass is 542 g/mol. The molecule has 4 aromatic rings. The van der Waals surface area contributed by atoms with E-state index in [1.54, 1.807) is 0 Å². The van der Waals surface area contributed by atoms with Crippen molar-refractivity contribution in [3.05, 3.63) is 118 Å². The van der Waals surface area contributed by atoms with Crippen LogP contribution in [0.3, 0.4) is 0 Å². The number of hydrogen-bond acceptors (Lipinski definition) is 0. The van der Waals surface area contributed by atoms with E-state index in [4.69, 9.17) is 0 Å². The fourth-order valence-electron chi connectivity index (χ4n) is 4.73. The van der Waals surface area contributed by atoms with Crippen LogP contribution in [0.25, 0.3) is 0 Å². The molecule has 38 heavy (non-hydrogen) atoms. The van der Waals surface area contributed by atoms with Crippen LogP contribution in [-0.4, -0.2) is 6.15 Å². The maximum Gasteiger partial charge on any atom is 1.00 e. The molecular formula is C24H8BF12Li. The van der Waals surface area contributed by atoms with E-state index < -0.39 is 97.8 Å². The minimum Gasteiger partial charge on any atom is -0.210 e. The predicted octanol–water partition coefficient (Wildman–Crippen LogP) is 1.74. The third-order valence-corrected chi connectivity index (χ3v) is 5.91. The minimum atomic E-state index is -5.14. The van der Waals surface area contributed by atoms with E-state index in [1.807, 2.05) is 0 Å². The minimum absolute atomic E-state index is 0. The van der Waals surface area contributed by atoms with Gasteiger partial charge in [-0.15, -0.1) is 21.9 Å². The molecule has 0 N–H and O–H groups in total. The third kappa shape index (κ3) is 4.58. The fourth-order valence-corrected chi connectivity index (χ4v) is 4.73. The van der Waals surface area contributed by atoms with Crippen LogP contribution in [0.2, 0.25) is 0 Å². The first kappa shape index (κ1) is 29.3. The molecule has 0 amide bonds. The molecule has 0 saturated carbocycles. The van der Waals surface area contributed by atoms with Gasteiger partial charge in [-0.25, -0.2) is 52.7 Å². The van der Waals surface area contributed by atoms with Gasteiger partial charge in [-0.2, -0.15) is 0 Å². The zero-order valence-corrected chi connectivity index (χ0v) is 18.7. The zero-order chi connectivity index (χ0) is 27.4. The maximum absolute atomic E-state index is 15.3. The summed E-state index contributed by atoms with van der Waals surface area (Å²) in [6.07, 6.45) is -5.14. The maximum atomic E-state index is 15.3. The third-order valence-electron chi connectivity index (χ3n) is 5.91. The number of benzene rings is 4. The largest absolute Gasteiger partial charge is 1.00 e. The predicted molar refractivity (Wildman–Crippen MR) is 110 cm³/mol. The second-order valence-corrected chi connectivity index (χ2v) is 8.00. The topological polar surface area (TPSA) is 0 Å². The molecule has 0 aliphatic carbocycles. The molecule has 0 unspecified atom stereocenters. The number of rotatable bonds is 4. The van der Waals surface area contributed by atoms with Crippen LogP contribution >= 0.6 is 0 Å². The molecule has 0 radical (unpaired) electrons. The Morgan fingerprint density at radius 2 is 0.421 bits per heavy atom. The fraction of sp³-hybridized carbons (Fsp3) is 0. The van der Waals surface area contributed by atoms with Gasteiger partial charge < -0.3 is 0 Å². The molecule has 0 bridgehead atoms. The van der Waals surface area contributed by atoms with Crippen molar-refractivity contribution in [2.45, 2.75) is 0 Å². The first-order valence-electron chi connectivity index (χ1n) is 10.0. The molecule has 4 aromatic carbocycles. The average Bonchev–Trinajstić information content (AvgIpc) is 2.70. The molecule has 0 atom stereocenters. The van der Waals surface area contributed by atoms with Gasteiger partial charge in [0.05, 0.1) is 46.5 Å². The van der Waals surface area contributed by atoms with Gasteiger partial charge in [0.25, 0.3) is 0 Å². The van der Waals surface area contributed by atoms with E-state index in [2.05, 4.69) is 0 Å². The summed E-state index contributed by atoms with van der Waals surface area (Å²) in [5, 5.41) is 0. The van der Waals surface area contributed by atoms with Crippen molar-refractivity contribution in [2.24, 2.45) is 0 Å². The quantitative estimate of drug-likeness (QED) is 0.273. The Morgan fingerprint density at radius 3 is 0.553 bits per heavy atom. The van der Waals surface area contributed by atoms with Gasteiger partial charge in [-0.3, -0.25) is 0 Å². The van der Waals surface area contributed by atoms with E-state index >= 15 is 35.1 Å². The first-order chi connectivity index (χ1) is 17.3. The van der Waals surface area contributed by atoms with Crippen LogP contribution in [0.5, 0.6) is 0 Å². The summed E-state index contributed by atoms with van der Waals surface area (Å²) in [6.45, 7) is 0. The molecule has 0 heterocycles. The molecule has 0 aliphatic heterocycles. The number of hydrogen-bond donors (Lipinski definition) is 0. The second-order valence-electron chi connectivity index (χ2n) is 8.00. The van der Waals surface area contributed by atoms with Gasteiger partial charge in [0, 0.05) is 48.5 Å². The number of halogens is 12. The van der Waals surface area contributed by atoms with Crippen LogP contribution in [0, 0.1) is 69.8 Å². The normalized spacial score (nSPS) is 11.5. The van der Waals surface area contributed by atoms with E-state index in [0.29, 0.717) is 0 Å². The van der Waals surface area contributed by atoms with Gasteiger partial charge in [0.15, 0.2) is 0 Å². The summed E-state index contributed by atoms with van der Waals surface area (Å²) in [4.78, 5) is 0. The Hall–Kier alpha value is -3.30. The molecule has 192 valence electrons. The smallest absolute Gasteiger partial charge is 0.210 e. The molecule has 0 aromatic heterocycles. The van der Waals surface area contributed by atoms with Crippen molar-refractivity contribution in [2.75, 3.05) is 0 Å². The second kappa shape index (κ2) is 10.5. The van der Waals surface area contributed by atoms with Crippen molar-refractivity contribution < 1.29 is 71.5 Å². The van der Waals surface area contributed by atoms with Crippen LogP contribution < -0.4 is 40.7 Å². The molecule has 4 rings (SSSR count). The summed E-state index contributed by atoms with van der Waals surface area (Å²) >= 11 is 0. The van der Waals surface area contributed by atoms with Gasteiger partial charge in [-0.05, 0) is 0 Å². The Balaban J connectivity index is 0.00000400. The molecule has 0 saturated heterocycles. The standard InChI is InChI=1S/C24H8BF12.Li/c26-9-1-13(30)21(14(31)2-9)25(22-15(32)3-10(27)4-16(22)33,23-17(34)5-11(28)6-18(23)35)24-19(36)7-12(29)8-20(24)37;/h1-8H;/q-1;+1. The summed E-state index contributed by atoms with van der Waals surface area (Å²) in [5.74, 6) is -23.8. The van der Waals surface area contributed by atoms with Gasteiger partial charge in [-0.1, -0.05) is 0 Å². The van der Waals surface area contributed by atoms with E-state index in [9.17, 15) is 17.6 Å². The summed E-state index contributed by atoms with van der Waals surface area (Å²) < 4.78 is 177. The van der Waals surface area contributed by atoms with Crippen LogP contribution in [-0.2, 0) is 0 Å². The van der Waals surface area contributed by atoms with Crippen LogP contribution in [0.15, 0.2) is 48.5 Å². The van der Waals surface area contributed by atoms with E-state index in [-0.39, 0.29) is 67.4 Å². The molecule has 0 spiro atoms. The Labute approximate surface area is 218 Å². The zero-order valence-electron chi connectivity index (χ0n) is 18.7. The molecular weight excluding hydrogens is 534 g/mol. The van der Waals surface area contributed by atoms with E-state index in [1.165, 1.54) is 0 Å². The van der Waals surface area contributed by atoms with Crippen LogP contribution in [0.4, 0.5) is 52.7 Å². The summed E-state index contributed by atoms with van der Waals surface area (Å²) in [5.41, 5.74) is -7.56.